The van der Waals surface area contributed by atoms with Gasteiger partial charge in [-0.2, -0.15) is 0 Å². The molecule has 1 heterocycles. The summed E-state index contributed by atoms with van der Waals surface area (Å²) < 4.78 is 0.957. The van der Waals surface area contributed by atoms with Crippen LogP contribution in [0.5, 0.6) is 0 Å². The van der Waals surface area contributed by atoms with Gasteiger partial charge in [-0.15, -0.1) is 22.9 Å². The fraction of sp³-hybridized carbons (Fsp3) is 0.286. The molecule has 1 unspecified atom stereocenters. The maximum atomic E-state index is 11.2. The van der Waals surface area contributed by atoms with Gasteiger partial charge in [0.15, 0.2) is 5.78 Å². The van der Waals surface area contributed by atoms with E-state index in [9.17, 15) is 4.79 Å². The Labute approximate surface area is 82.5 Å². The fourth-order valence-electron chi connectivity index (χ4n) is 0.643. The number of rotatable bonds is 2. The molecule has 1 rings (SSSR count). The van der Waals surface area contributed by atoms with Gasteiger partial charge in [-0.1, -0.05) is 0 Å². The van der Waals surface area contributed by atoms with Crippen molar-refractivity contribution in [3.05, 3.63) is 20.8 Å². The average molecular weight is 254 g/mol. The lowest BCUT2D eigenvalue weighted by Gasteiger charge is -1.96. The number of hydrogen-bond acceptors (Lipinski definition) is 2. The summed E-state index contributed by atoms with van der Waals surface area (Å²) in [4.78, 5) is 11.9. The lowest BCUT2D eigenvalue weighted by atomic mass is 10.2. The molecule has 0 aliphatic rings. The highest BCUT2D eigenvalue weighted by Crippen LogP contribution is 2.23. The van der Waals surface area contributed by atoms with E-state index in [0.717, 1.165) is 3.79 Å². The highest BCUT2D eigenvalue weighted by atomic mass is 79.9. The Balaban J connectivity index is 2.85. The number of carbonyl (C=O) groups is 1. The van der Waals surface area contributed by atoms with Gasteiger partial charge < -0.3 is 0 Å². The summed E-state index contributed by atoms with van der Waals surface area (Å²) in [7, 11) is 0. The second-order valence-electron chi connectivity index (χ2n) is 2.08. The minimum absolute atomic E-state index is 0.0117. The van der Waals surface area contributed by atoms with Crippen molar-refractivity contribution in [2.24, 2.45) is 0 Å². The third kappa shape index (κ3) is 2.29. The minimum Gasteiger partial charge on any atom is -0.292 e. The van der Waals surface area contributed by atoms with Crippen LogP contribution in [0.3, 0.4) is 0 Å². The van der Waals surface area contributed by atoms with E-state index in [1.807, 2.05) is 6.07 Å². The number of carbonyl (C=O) groups excluding carboxylic acids is 1. The molecule has 0 aliphatic carbocycles. The van der Waals surface area contributed by atoms with Gasteiger partial charge in [0, 0.05) is 0 Å². The van der Waals surface area contributed by atoms with Crippen LogP contribution in [0.25, 0.3) is 0 Å². The number of thiophene rings is 1. The van der Waals surface area contributed by atoms with Crippen molar-refractivity contribution in [3.8, 4) is 0 Å². The number of hydrogen-bond donors (Lipinski definition) is 0. The van der Waals surface area contributed by atoms with Gasteiger partial charge in [-0.3, -0.25) is 4.79 Å². The van der Waals surface area contributed by atoms with Crippen LogP contribution < -0.4 is 0 Å². The lowest BCUT2D eigenvalue weighted by Crippen LogP contribution is -2.07. The second-order valence-corrected chi connectivity index (χ2v) is 5.20. The van der Waals surface area contributed by atoms with Gasteiger partial charge in [0.05, 0.1) is 14.0 Å². The van der Waals surface area contributed by atoms with Crippen LogP contribution in [0.1, 0.15) is 16.6 Å². The smallest absolute Gasteiger partial charge is 0.190 e. The molecule has 0 aromatic carbocycles. The zero-order valence-electron chi connectivity index (χ0n) is 5.80. The van der Waals surface area contributed by atoms with Gasteiger partial charge in [0.25, 0.3) is 0 Å². The van der Waals surface area contributed by atoms with Crippen molar-refractivity contribution in [3.63, 3.8) is 0 Å². The molecule has 0 N–H and O–H groups in total. The van der Waals surface area contributed by atoms with E-state index >= 15 is 0 Å². The summed E-state index contributed by atoms with van der Waals surface area (Å²) in [5.74, 6) is -0.0117. The van der Waals surface area contributed by atoms with Gasteiger partial charge in [-0.25, -0.2) is 0 Å². The summed E-state index contributed by atoms with van der Waals surface area (Å²) in [6, 6.07) is 3.62. The van der Waals surface area contributed by atoms with E-state index in [1.54, 1.807) is 13.0 Å². The van der Waals surface area contributed by atoms with E-state index in [1.165, 1.54) is 11.3 Å². The molecule has 1 aromatic heterocycles. The Kier molecular flexibility index (Phi) is 3.10. The lowest BCUT2D eigenvalue weighted by molar-refractivity contribution is 0.0995. The second kappa shape index (κ2) is 3.70. The summed E-state index contributed by atoms with van der Waals surface area (Å²) >= 11 is 10.3. The molecule has 11 heavy (non-hydrogen) atoms. The SMILES string of the molecule is CC(Cl)C(=O)c1ccc(Br)s1. The van der Waals surface area contributed by atoms with Crippen molar-refractivity contribution >= 4 is 44.7 Å². The average Bonchev–Trinajstić information content (AvgIpc) is 2.34. The van der Waals surface area contributed by atoms with Crippen molar-refractivity contribution < 1.29 is 4.79 Å². The molecule has 1 atom stereocenters. The number of ketones is 1. The predicted octanol–water partition coefficient (Wildman–Crippen LogP) is 3.32. The van der Waals surface area contributed by atoms with Crippen LogP contribution in [-0.4, -0.2) is 11.2 Å². The van der Waals surface area contributed by atoms with Crippen molar-refractivity contribution in [2.45, 2.75) is 12.3 Å². The summed E-state index contributed by atoms with van der Waals surface area (Å²) in [6.45, 7) is 1.68. The molecule has 1 aromatic rings. The molecule has 0 bridgehead atoms. The van der Waals surface area contributed by atoms with E-state index in [2.05, 4.69) is 15.9 Å². The first-order valence-electron chi connectivity index (χ1n) is 3.05. The maximum Gasteiger partial charge on any atom is 0.190 e. The molecule has 1 nitrogen and oxygen atoms in total. The molecule has 4 heteroatoms. The molecule has 0 saturated carbocycles. The molecule has 0 radical (unpaired) electrons. The number of alkyl halides is 1. The molecule has 60 valence electrons. The van der Waals surface area contributed by atoms with Crippen LogP contribution in [0.2, 0.25) is 0 Å². The van der Waals surface area contributed by atoms with E-state index in [0.29, 0.717) is 4.88 Å². The topological polar surface area (TPSA) is 17.1 Å². The van der Waals surface area contributed by atoms with Gasteiger partial charge in [0.1, 0.15) is 0 Å². The Morgan fingerprint density at radius 1 is 1.73 bits per heavy atom. The van der Waals surface area contributed by atoms with Crippen LogP contribution in [0.4, 0.5) is 0 Å². The molecule has 0 aliphatic heterocycles. The highest BCUT2D eigenvalue weighted by molar-refractivity contribution is 9.11. The van der Waals surface area contributed by atoms with Crippen LogP contribution in [-0.2, 0) is 0 Å². The Hall–Kier alpha value is 0.140. The largest absolute Gasteiger partial charge is 0.292 e. The predicted molar refractivity (Wildman–Crippen MR) is 51.7 cm³/mol. The number of halogens is 2. The third-order valence-corrected chi connectivity index (χ3v) is 3.01. The van der Waals surface area contributed by atoms with Crippen LogP contribution >= 0.6 is 38.9 Å². The van der Waals surface area contributed by atoms with Crippen molar-refractivity contribution in [2.75, 3.05) is 0 Å². The van der Waals surface area contributed by atoms with E-state index < -0.39 is 5.38 Å². The van der Waals surface area contributed by atoms with Gasteiger partial charge in [0.2, 0.25) is 0 Å². The highest BCUT2D eigenvalue weighted by Gasteiger charge is 2.13. The van der Waals surface area contributed by atoms with Crippen molar-refractivity contribution in [1.82, 2.24) is 0 Å². The standard InChI is InChI=1S/C7H6BrClOS/c1-4(9)7(10)5-2-3-6(8)11-5/h2-4H,1H3. The zero-order chi connectivity index (χ0) is 8.43. The molecule has 0 fully saturated rings. The Bertz CT molecular complexity index is 269. The normalized spacial score (nSPS) is 13.0. The number of Topliss-reactive ketones (excluding diaryl/α,β-unsaturated/α-hetero) is 1. The molecule has 0 spiro atoms. The quantitative estimate of drug-likeness (QED) is 0.584. The summed E-state index contributed by atoms with van der Waals surface area (Å²) in [6.07, 6.45) is 0. The molecule has 0 amide bonds. The van der Waals surface area contributed by atoms with Gasteiger partial charge >= 0.3 is 0 Å². The third-order valence-electron chi connectivity index (χ3n) is 1.18. The molecule has 0 saturated heterocycles. The van der Waals surface area contributed by atoms with Crippen LogP contribution in [0.15, 0.2) is 15.9 Å². The first-order valence-corrected chi connectivity index (χ1v) is 5.09. The summed E-state index contributed by atoms with van der Waals surface area (Å²) in [5.41, 5.74) is 0. The molecular weight excluding hydrogens is 248 g/mol. The van der Waals surface area contributed by atoms with Gasteiger partial charge in [-0.05, 0) is 35.0 Å². The monoisotopic (exact) mass is 252 g/mol. The maximum absolute atomic E-state index is 11.2. The van der Waals surface area contributed by atoms with E-state index in [-0.39, 0.29) is 5.78 Å². The Morgan fingerprint density at radius 2 is 2.36 bits per heavy atom. The first kappa shape index (κ1) is 9.23. The summed E-state index contributed by atoms with van der Waals surface area (Å²) in [5, 5.41) is -0.430. The van der Waals surface area contributed by atoms with Crippen LogP contribution in [0, 0.1) is 0 Å². The van der Waals surface area contributed by atoms with Crippen molar-refractivity contribution in [1.29, 1.82) is 0 Å². The first-order chi connectivity index (χ1) is 5.11. The zero-order valence-corrected chi connectivity index (χ0v) is 8.96. The van der Waals surface area contributed by atoms with E-state index in [4.69, 9.17) is 11.6 Å². The minimum atomic E-state index is -0.430. The molecular formula is C7H6BrClOS. The fourth-order valence-corrected chi connectivity index (χ4v) is 2.24. The Morgan fingerprint density at radius 3 is 2.73 bits per heavy atom.